The van der Waals surface area contributed by atoms with Gasteiger partial charge in [0.25, 0.3) is 0 Å². The van der Waals surface area contributed by atoms with Crippen LogP contribution in [0.5, 0.6) is 0 Å². The van der Waals surface area contributed by atoms with Gasteiger partial charge in [0.1, 0.15) is 0 Å². The maximum atomic E-state index is 11.9. The summed E-state index contributed by atoms with van der Waals surface area (Å²) in [7, 11) is 0. The van der Waals surface area contributed by atoms with Crippen LogP contribution in [0.3, 0.4) is 0 Å². The van der Waals surface area contributed by atoms with E-state index in [-0.39, 0.29) is 5.91 Å². The number of amides is 1. The molecule has 2 atom stereocenters. The summed E-state index contributed by atoms with van der Waals surface area (Å²) in [4.78, 5) is 11.9. The van der Waals surface area contributed by atoms with E-state index in [0.717, 1.165) is 38.5 Å². The van der Waals surface area contributed by atoms with E-state index in [0.29, 0.717) is 11.8 Å². The van der Waals surface area contributed by atoms with Gasteiger partial charge in [0.2, 0.25) is 5.91 Å². The Labute approximate surface area is 116 Å². The van der Waals surface area contributed by atoms with E-state index in [1.54, 1.807) is 0 Å². The van der Waals surface area contributed by atoms with Crippen LogP contribution in [0.15, 0.2) is 11.6 Å². The van der Waals surface area contributed by atoms with Crippen molar-refractivity contribution in [2.75, 3.05) is 19.8 Å². The Kier molecular flexibility index (Phi) is 5.44. The van der Waals surface area contributed by atoms with E-state index >= 15 is 0 Å². The molecule has 0 bridgehead atoms. The molecule has 3 nitrogen and oxygen atoms in total. The molecule has 0 spiro atoms. The first kappa shape index (κ1) is 14.6. The van der Waals surface area contributed by atoms with Crippen molar-refractivity contribution in [2.24, 2.45) is 17.8 Å². The van der Waals surface area contributed by atoms with Crippen LogP contribution in [-0.2, 0) is 9.53 Å². The lowest BCUT2D eigenvalue weighted by atomic mass is 10.0. The number of ether oxygens (including phenoxy) is 1. The molecule has 2 aliphatic rings. The Morgan fingerprint density at radius 2 is 2.11 bits per heavy atom. The fourth-order valence-corrected chi connectivity index (χ4v) is 3.06. The summed E-state index contributed by atoms with van der Waals surface area (Å²) < 4.78 is 5.32. The highest BCUT2D eigenvalue weighted by Gasteiger charge is 2.37. The minimum Gasteiger partial charge on any atom is -0.381 e. The topological polar surface area (TPSA) is 38.3 Å². The third-order valence-corrected chi connectivity index (χ3v) is 4.43. The first-order valence-corrected chi connectivity index (χ1v) is 7.74. The smallest absolute Gasteiger partial charge is 0.243 e. The van der Waals surface area contributed by atoms with Crippen LogP contribution >= 0.6 is 0 Å². The zero-order valence-electron chi connectivity index (χ0n) is 12.3. The molecule has 1 saturated carbocycles. The zero-order valence-corrected chi connectivity index (χ0v) is 12.3. The summed E-state index contributed by atoms with van der Waals surface area (Å²) in [6, 6.07) is 0. The van der Waals surface area contributed by atoms with Gasteiger partial charge in [0.15, 0.2) is 0 Å². The lowest BCUT2D eigenvalue weighted by molar-refractivity contribution is -0.116. The van der Waals surface area contributed by atoms with Gasteiger partial charge < -0.3 is 10.1 Å². The van der Waals surface area contributed by atoms with Crippen LogP contribution in [-0.4, -0.2) is 25.7 Å². The van der Waals surface area contributed by atoms with Crippen molar-refractivity contribution in [1.82, 2.24) is 5.32 Å². The van der Waals surface area contributed by atoms with Gasteiger partial charge in [0, 0.05) is 25.8 Å². The molecule has 0 aromatic heterocycles. The molecule has 0 radical (unpaired) electrons. The fourth-order valence-electron chi connectivity index (χ4n) is 3.06. The van der Waals surface area contributed by atoms with E-state index in [1.807, 2.05) is 6.08 Å². The Hall–Kier alpha value is -0.830. The second-order valence-corrected chi connectivity index (χ2v) is 6.08. The molecule has 1 N–H and O–H groups in total. The largest absolute Gasteiger partial charge is 0.381 e. The van der Waals surface area contributed by atoms with E-state index < -0.39 is 0 Å². The molecule has 2 unspecified atom stereocenters. The average molecular weight is 265 g/mol. The Morgan fingerprint density at radius 3 is 2.79 bits per heavy atom. The van der Waals surface area contributed by atoms with Crippen LogP contribution in [0.4, 0.5) is 0 Å². The SMILES string of the molecule is CCCC1CC1C(C)=CC(=O)NCC1CCOCC1. The normalized spacial score (nSPS) is 28.2. The Bertz CT molecular complexity index is 332. The number of carbonyl (C=O) groups is 1. The molecule has 108 valence electrons. The van der Waals surface area contributed by atoms with Crippen molar-refractivity contribution in [3.63, 3.8) is 0 Å². The van der Waals surface area contributed by atoms with Crippen molar-refractivity contribution >= 4 is 5.91 Å². The van der Waals surface area contributed by atoms with Crippen LogP contribution in [0.1, 0.15) is 46.0 Å². The molecule has 1 heterocycles. The minimum atomic E-state index is 0.0890. The molecule has 0 aromatic carbocycles. The first-order chi connectivity index (χ1) is 9.20. The number of allylic oxidation sites excluding steroid dienone is 1. The van der Waals surface area contributed by atoms with Crippen molar-refractivity contribution in [2.45, 2.75) is 46.0 Å². The summed E-state index contributed by atoms with van der Waals surface area (Å²) in [6.45, 7) is 6.82. The quantitative estimate of drug-likeness (QED) is 0.750. The lowest BCUT2D eigenvalue weighted by Crippen LogP contribution is -2.31. The highest BCUT2D eigenvalue weighted by Crippen LogP contribution is 2.46. The second-order valence-electron chi connectivity index (χ2n) is 6.08. The van der Waals surface area contributed by atoms with Crippen LogP contribution in [0.25, 0.3) is 0 Å². The number of hydrogen-bond acceptors (Lipinski definition) is 2. The third kappa shape index (κ3) is 4.64. The highest BCUT2D eigenvalue weighted by atomic mass is 16.5. The predicted molar refractivity (Wildman–Crippen MR) is 76.8 cm³/mol. The molecule has 3 heteroatoms. The molecule has 19 heavy (non-hydrogen) atoms. The van der Waals surface area contributed by atoms with Crippen molar-refractivity contribution < 1.29 is 9.53 Å². The van der Waals surface area contributed by atoms with Crippen molar-refractivity contribution in [3.05, 3.63) is 11.6 Å². The van der Waals surface area contributed by atoms with Gasteiger partial charge in [-0.05, 0) is 43.9 Å². The standard InChI is InChI=1S/C16H27NO2/c1-3-4-14-10-15(14)12(2)9-16(18)17-11-13-5-7-19-8-6-13/h9,13-15H,3-8,10-11H2,1-2H3,(H,17,18). The Balaban J connectivity index is 1.68. The van der Waals surface area contributed by atoms with Gasteiger partial charge in [-0.25, -0.2) is 0 Å². The van der Waals surface area contributed by atoms with Crippen LogP contribution < -0.4 is 5.32 Å². The van der Waals surface area contributed by atoms with E-state index in [1.165, 1.54) is 24.8 Å². The maximum Gasteiger partial charge on any atom is 0.243 e. The second kappa shape index (κ2) is 7.09. The van der Waals surface area contributed by atoms with Crippen LogP contribution in [0, 0.1) is 17.8 Å². The number of hydrogen-bond donors (Lipinski definition) is 1. The van der Waals surface area contributed by atoms with E-state index in [9.17, 15) is 4.79 Å². The van der Waals surface area contributed by atoms with Gasteiger partial charge in [0.05, 0.1) is 0 Å². The highest BCUT2D eigenvalue weighted by molar-refractivity contribution is 5.88. The third-order valence-electron chi connectivity index (χ3n) is 4.43. The molecule has 1 aliphatic heterocycles. The molecular weight excluding hydrogens is 238 g/mol. The summed E-state index contributed by atoms with van der Waals surface area (Å²) in [5.41, 5.74) is 1.27. The summed E-state index contributed by atoms with van der Waals surface area (Å²) in [5, 5.41) is 3.04. The van der Waals surface area contributed by atoms with Gasteiger partial charge in [-0.15, -0.1) is 0 Å². The van der Waals surface area contributed by atoms with Crippen LogP contribution in [0.2, 0.25) is 0 Å². The molecule has 1 amide bonds. The van der Waals surface area contributed by atoms with Gasteiger partial charge in [-0.3, -0.25) is 4.79 Å². The summed E-state index contributed by atoms with van der Waals surface area (Å²) in [6.07, 6.45) is 7.81. The molecular formula is C16H27NO2. The number of carbonyl (C=O) groups excluding carboxylic acids is 1. The van der Waals surface area contributed by atoms with Gasteiger partial charge in [-0.1, -0.05) is 25.3 Å². The maximum absolute atomic E-state index is 11.9. The molecule has 1 aliphatic carbocycles. The summed E-state index contributed by atoms with van der Waals surface area (Å²) in [5.74, 6) is 2.20. The van der Waals surface area contributed by atoms with Gasteiger partial charge >= 0.3 is 0 Å². The number of rotatable bonds is 6. The lowest BCUT2D eigenvalue weighted by Gasteiger charge is -2.21. The average Bonchev–Trinajstić information content (AvgIpc) is 3.17. The molecule has 0 aromatic rings. The van der Waals surface area contributed by atoms with Crippen molar-refractivity contribution in [1.29, 1.82) is 0 Å². The van der Waals surface area contributed by atoms with Crippen molar-refractivity contribution in [3.8, 4) is 0 Å². The summed E-state index contributed by atoms with van der Waals surface area (Å²) >= 11 is 0. The zero-order chi connectivity index (χ0) is 13.7. The monoisotopic (exact) mass is 265 g/mol. The predicted octanol–water partition coefficient (Wildman–Crippen LogP) is 2.91. The first-order valence-electron chi connectivity index (χ1n) is 7.74. The number of nitrogens with one attached hydrogen (secondary N) is 1. The van der Waals surface area contributed by atoms with E-state index in [2.05, 4.69) is 19.2 Å². The Morgan fingerprint density at radius 1 is 1.37 bits per heavy atom. The molecule has 2 rings (SSSR count). The minimum absolute atomic E-state index is 0.0890. The fraction of sp³-hybridized carbons (Fsp3) is 0.812. The van der Waals surface area contributed by atoms with E-state index in [4.69, 9.17) is 4.74 Å². The van der Waals surface area contributed by atoms with Gasteiger partial charge in [-0.2, -0.15) is 0 Å². The molecule has 1 saturated heterocycles. The molecule has 2 fully saturated rings.